The Morgan fingerprint density at radius 2 is 2.24 bits per heavy atom. The topological polar surface area (TPSA) is 74.4 Å². The predicted octanol–water partition coefficient (Wildman–Crippen LogP) is 0.913. The van der Waals surface area contributed by atoms with Gasteiger partial charge in [0.15, 0.2) is 6.61 Å². The number of pyridine rings is 1. The Morgan fingerprint density at radius 3 is 2.76 bits per heavy atom. The quantitative estimate of drug-likeness (QED) is 0.746. The van der Waals surface area contributed by atoms with Crippen molar-refractivity contribution < 1.29 is 14.3 Å². The maximum absolute atomic E-state index is 11.2. The Morgan fingerprint density at radius 1 is 1.47 bits per heavy atom. The molecule has 0 aliphatic heterocycles. The van der Waals surface area contributed by atoms with Crippen molar-refractivity contribution in [2.75, 3.05) is 13.2 Å². The van der Waals surface area contributed by atoms with Gasteiger partial charge in [-0.15, -0.1) is 0 Å². The Balaban J connectivity index is 2.39. The van der Waals surface area contributed by atoms with Crippen LogP contribution >= 0.6 is 0 Å². The number of aromatic nitrogens is 1. The number of carbonyl (C=O) groups excluding carboxylic acids is 1. The summed E-state index contributed by atoms with van der Waals surface area (Å²) in [6.45, 7) is 4.05. The van der Waals surface area contributed by atoms with Crippen molar-refractivity contribution in [1.29, 1.82) is 0 Å². The molecule has 0 aliphatic rings. The molecule has 94 valence electrons. The van der Waals surface area contributed by atoms with Crippen LogP contribution in [0.15, 0.2) is 18.3 Å². The lowest BCUT2D eigenvalue weighted by atomic mass is 10.3. The number of ether oxygens (including phenoxy) is 2. The van der Waals surface area contributed by atoms with Crippen LogP contribution in [0.25, 0.3) is 0 Å². The van der Waals surface area contributed by atoms with Crippen molar-refractivity contribution in [3.8, 4) is 5.75 Å². The molecule has 1 aromatic rings. The van der Waals surface area contributed by atoms with Crippen molar-refractivity contribution in [1.82, 2.24) is 4.98 Å². The standard InChI is InChI=1S/C12H18N2O3/c1-9(2)17-12(15)8-16-11-4-3-10(5-6-13)14-7-11/h3-4,7,9H,5-6,8,13H2,1-2H3. The second-order valence-corrected chi connectivity index (χ2v) is 3.85. The molecule has 17 heavy (non-hydrogen) atoms. The van der Waals surface area contributed by atoms with Gasteiger partial charge < -0.3 is 15.2 Å². The molecule has 0 saturated heterocycles. The molecule has 5 heteroatoms. The number of rotatable bonds is 6. The number of esters is 1. The van der Waals surface area contributed by atoms with Crippen molar-refractivity contribution >= 4 is 5.97 Å². The number of nitrogens with two attached hydrogens (primary N) is 1. The summed E-state index contributed by atoms with van der Waals surface area (Å²) in [6, 6.07) is 3.59. The van der Waals surface area contributed by atoms with Gasteiger partial charge in [-0.2, -0.15) is 0 Å². The third-order valence-corrected chi connectivity index (χ3v) is 1.92. The van der Waals surface area contributed by atoms with Crippen LogP contribution in [0.4, 0.5) is 0 Å². The van der Waals surface area contributed by atoms with Crippen molar-refractivity contribution in [2.45, 2.75) is 26.4 Å². The van der Waals surface area contributed by atoms with Crippen molar-refractivity contribution in [2.24, 2.45) is 5.73 Å². The second-order valence-electron chi connectivity index (χ2n) is 3.85. The third kappa shape index (κ3) is 5.31. The molecule has 1 heterocycles. The van der Waals surface area contributed by atoms with Crippen LogP contribution in [0.3, 0.4) is 0 Å². The molecular formula is C12H18N2O3. The van der Waals surface area contributed by atoms with Gasteiger partial charge in [0.05, 0.1) is 12.3 Å². The van der Waals surface area contributed by atoms with Gasteiger partial charge in [-0.3, -0.25) is 4.98 Å². The zero-order valence-electron chi connectivity index (χ0n) is 10.2. The van der Waals surface area contributed by atoms with Gasteiger partial charge in [0, 0.05) is 12.1 Å². The summed E-state index contributed by atoms with van der Waals surface area (Å²) in [5, 5.41) is 0. The Hall–Kier alpha value is -1.62. The molecule has 1 aromatic heterocycles. The summed E-state index contributed by atoms with van der Waals surface area (Å²) in [7, 11) is 0. The maximum atomic E-state index is 11.2. The normalized spacial score (nSPS) is 10.4. The molecule has 1 rings (SSSR count). The Bertz CT molecular complexity index is 349. The molecule has 0 amide bonds. The minimum atomic E-state index is -0.383. The molecule has 2 N–H and O–H groups in total. The van der Waals surface area contributed by atoms with Gasteiger partial charge >= 0.3 is 5.97 Å². The SMILES string of the molecule is CC(C)OC(=O)COc1ccc(CCN)nc1. The molecule has 0 unspecified atom stereocenters. The van der Waals surface area contributed by atoms with Crippen LogP contribution < -0.4 is 10.5 Å². The van der Waals surface area contributed by atoms with E-state index in [1.165, 1.54) is 0 Å². The van der Waals surface area contributed by atoms with E-state index in [1.807, 2.05) is 6.07 Å². The van der Waals surface area contributed by atoms with E-state index < -0.39 is 0 Å². The predicted molar refractivity (Wildman–Crippen MR) is 63.7 cm³/mol. The van der Waals surface area contributed by atoms with Crippen LogP contribution in [-0.4, -0.2) is 30.2 Å². The minimum absolute atomic E-state index is 0.101. The number of hydrogen-bond acceptors (Lipinski definition) is 5. The third-order valence-electron chi connectivity index (χ3n) is 1.92. The monoisotopic (exact) mass is 238 g/mol. The molecule has 0 fully saturated rings. The summed E-state index contributed by atoms with van der Waals surface area (Å²) < 4.78 is 10.2. The highest BCUT2D eigenvalue weighted by molar-refractivity contribution is 5.71. The summed E-state index contributed by atoms with van der Waals surface area (Å²) >= 11 is 0. The lowest BCUT2D eigenvalue weighted by molar-refractivity contribution is -0.149. The van der Waals surface area contributed by atoms with E-state index in [1.54, 1.807) is 26.1 Å². The molecule has 0 aromatic carbocycles. The molecule has 0 spiro atoms. The van der Waals surface area contributed by atoms with E-state index in [4.69, 9.17) is 15.2 Å². The highest BCUT2D eigenvalue weighted by Gasteiger charge is 2.06. The maximum Gasteiger partial charge on any atom is 0.344 e. The average molecular weight is 238 g/mol. The van der Waals surface area contributed by atoms with Gasteiger partial charge in [0.25, 0.3) is 0 Å². The summed E-state index contributed by atoms with van der Waals surface area (Å²) in [5.41, 5.74) is 6.32. The number of nitrogens with zero attached hydrogens (tertiary/aromatic N) is 1. The number of carbonyl (C=O) groups is 1. The molecule has 0 aliphatic carbocycles. The fourth-order valence-electron chi connectivity index (χ4n) is 1.23. The van der Waals surface area contributed by atoms with E-state index in [-0.39, 0.29) is 18.7 Å². The minimum Gasteiger partial charge on any atom is -0.480 e. The lowest BCUT2D eigenvalue weighted by Gasteiger charge is -2.09. The van der Waals surface area contributed by atoms with E-state index in [0.717, 1.165) is 12.1 Å². The first-order valence-electron chi connectivity index (χ1n) is 5.59. The first-order chi connectivity index (χ1) is 8.11. The summed E-state index contributed by atoms with van der Waals surface area (Å²) in [5.74, 6) is 0.164. The first kappa shape index (κ1) is 13.4. The molecule has 0 saturated carbocycles. The molecular weight excluding hydrogens is 220 g/mol. The van der Waals surface area contributed by atoms with Gasteiger partial charge in [0.2, 0.25) is 0 Å². The molecule has 0 radical (unpaired) electrons. The fourth-order valence-corrected chi connectivity index (χ4v) is 1.23. The fraction of sp³-hybridized carbons (Fsp3) is 0.500. The summed E-state index contributed by atoms with van der Waals surface area (Å²) in [4.78, 5) is 15.4. The summed E-state index contributed by atoms with van der Waals surface area (Å²) in [6.07, 6.45) is 2.18. The highest BCUT2D eigenvalue weighted by Crippen LogP contribution is 2.09. The van der Waals surface area contributed by atoms with E-state index >= 15 is 0 Å². The number of hydrogen-bond donors (Lipinski definition) is 1. The van der Waals surface area contributed by atoms with E-state index in [0.29, 0.717) is 12.3 Å². The van der Waals surface area contributed by atoms with Crippen LogP contribution in [0.5, 0.6) is 5.75 Å². The smallest absolute Gasteiger partial charge is 0.344 e. The molecule has 0 atom stereocenters. The van der Waals surface area contributed by atoms with Gasteiger partial charge in [-0.25, -0.2) is 4.79 Å². The second kappa shape index (κ2) is 6.85. The van der Waals surface area contributed by atoms with Crippen molar-refractivity contribution in [3.63, 3.8) is 0 Å². The van der Waals surface area contributed by atoms with Crippen LogP contribution in [0, 0.1) is 0 Å². The van der Waals surface area contributed by atoms with Gasteiger partial charge in [-0.1, -0.05) is 0 Å². The van der Waals surface area contributed by atoms with Gasteiger partial charge in [-0.05, 0) is 32.5 Å². The highest BCUT2D eigenvalue weighted by atomic mass is 16.6. The lowest BCUT2D eigenvalue weighted by Crippen LogP contribution is -2.18. The zero-order valence-corrected chi connectivity index (χ0v) is 10.2. The Kier molecular flexibility index (Phi) is 5.42. The van der Waals surface area contributed by atoms with Crippen LogP contribution in [0.1, 0.15) is 19.5 Å². The van der Waals surface area contributed by atoms with Gasteiger partial charge in [0.1, 0.15) is 5.75 Å². The Labute approximate surface area is 101 Å². The molecule has 5 nitrogen and oxygen atoms in total. The van der Waals surface area contributed by atoms with Crippen molar-refractivity contribution in [3.05, 3.63) is 24.0 Å². The zero-order chi connectivity index (χ0) is 12.7. The van der Waals surface area contributed by atoms with E-state index in [9.17, 15) is 4.79 Å². The van der Waals surface area contributed by atoms with Crippen LogP contribution in [-0.2, 0) is 16.0 Å². The van der Waals surface area contributed by atoms with Crippen LogP contribution in [0.2, 0.25) is 0 Å². The molecule has 0 bridgehead atoms. The first-order valence-corrected chi connectivity index (χ1v) is 5.59. The van der Waals surface area contributed by atoms with E-state index in [2.05, 4.69) is 4.98 Å². The largest absolute Gasteiger partial charge is 0.480 e. The average Bonchev–Trinajstić information content (AvgIpc) is 2.28.